The number of hydrogen-bond acceptors (Lipinski definition) is 3. The summed E-state index contributed by atoms with van der Waals surface area (Å²) in [5, 5.41) is 5.36. The number of carbonyl (C=O) groups is 2. The Bertz CT molecular complexity index is 619. The molecule has 2 amide bonds. The Hall–Kier alpha value is -2.69. The minimum atomic E-state index is -0.355. The van der Waals surface area contributed by atoms with Crippen molar-refractivity contribution in [1.82, 2.24) is 4.98 Å². The molecule has 0 aliphatic rings. The number of ketones is 1. The number of rotatable bonds is 3. The molecule has 0 bridgehead atoms. The van der Waals surface area contributed by atoms with E-state index in [0.29, 0.717) is 16.9 Å². The van der Waals surface area contributed by atoms with Crippen molar-refractivity contribution in [3.05, 3.63) is 53.9 Å². The molecule has 1 heterocycles. The Morgan fingerprint density at radius 3 is 2.10 bits per heavy atom. The highest BCUT2D eigenvalue weighted by atomic mass is 16.2. The first-order valence-corrected chi connectivity index (χ1v) is 6.16. The number of aryl methyl sites for hydroxylation is 1. The highest BCUT2D eigenvalue weighted by Crippen LogP contribution is 2.11. The Morgan fingerprint density at radius 2 is 1.55 bits per heavy atom. The maximum absolute atomic E-state index is 11.8. The summed E-state index contributed by atoms with van der Waals surface area (Å²) < 4.78 is 0. The van der Waals surface area contributed by atoms with Crippen molar-refractivity contribution >= 4 is 23.2 Å². The van der Waals surface area contributed by atoms with Gasteiger partial charge in [0.25, 0.3) is 0 Å². The van der Waals surface area contributed by atoms with Gasteiger partial charge in [0.1, 0.15) is 0 Å². The molecule has 5 nitrogen and oxygen atoms in total. The Balaban J connectivity index is 1.97. The van der Waals surface area contributed by atoms with Gasteiger partial charge in [-0.05, 0) is 50.2 Å². The molecule has 1 aromatic heterocycles. The first-order chi connectivity index (χ1) is 9.54. The second-order valence-corrected chi connectivity index (χ2v) is 4.40. The second-order valence-electron chi connectivity index (χ2n) is 4.40. The number of carbonyl (C=O) groups excluding carboxylic acids is 2. The van der Waals surface area contributed by atoms with Gasteiger partial charge in [-0.2, -0.15) is 0 Å². The predicted octanol–water partition coefficient (Wildman–Crippen LogP) is 3.24. The lowest BCUT2D eigenvalue weighted by Gasteiger charge is -2.07. The van der Waals surface area contributed by atoms with E-state index in [0.717, 1.165) is 5.69 Å². The molecule has 0 saturated heterocycles. The van der Waals surface area contributed by atoms with Gasteiger partial charge in [0.2, 0.25) is 0 Å². The lowest BCUT2D eigenvalue weighted by atomic mass is 10.1. The second kappa shape index (κ2) is 5.97. The van der Waals surface area contributed by atoms with Crippen LogP contribution in [0.3, 0.4) is 0 Å². The van der Waals surface area contributed by atoms with E-state index < -0.39 is 0 Å². The van der Waals surface area contributed by atoms with Crippen molar-refractivity contribution in [2.24, 2.45) is 0 Å². The van der Waals surface area contributed by atoms with Crippen molar-refractivity contribution in [3.8, 4) is 0 Å². The van der Waals surface area contributed by atoms with E-state index in [4.69, 9.17) is 0 Å². The largest absolute Gasteiger partial charge is 0.323 e. The van der Waals surface area contributed by atoms with Crippen LogP contribution in [0.4, 0.5) is 16.2 Å². The molecule has 0 spiro atoms. The van der Waals surface area contributed by atoms with Crippen LogP contribution in [-0.2, 0) is 0 Å². The molecule has 20 heavy (non-hydrogen) atoms. The smallest absolute Gasteiger partial charge is 0.308 e. The van der Waals surface area contributed by atoms with Crippen LogP contribution in [0.25, 0.3) is 0 Å². The van der Waals surface area contributed by atoms with Crippen molar-refractivity contribution < 1.29 is 9.59 Å². The average molecular weight is 269 g/mol. The first kappa shape index (κ1) is 13.7. The molecule has 0 aliphatic heterocycles. The van der Waals surface area contributed by atoms with Crippen LogP contribution in [0.1, 0.15) is 23.0 Å². The van der Waals surface area contributed by atoms with Gasteiger partial charge in [0.05, 0.1) is 11.9 Å². The van der Waals surface area contributed by atoms with Crippen molar-refractivity contribution in [1.29, 1.82) is 0 Å². The SMILES string of the molecule is CC(=O)c1ccc(NC(=O)Nc2ccc(C)nc2)cc1. The van der Waals surface area contributed by atoms with Crippen LogP contribution in [-0.4, -0.2) is 16.8 Å². The summed E-state index contributed by atoms with van der Waals surface area (Å²) in [5.74, 6) is -0.00766. The lowest BCUT2D eigenvalue weighted by Crippen LogP contribution is -2.19. The van der Waals surface area contributed by atoms with E-state index in [1.807, 2.05) is 13.0 Å². The molecule has 0 fully saturated rings. The maximum atomic E-state index is 11.8. The third-order valence-corrected chi connectivity index (χ3v) is 2.72. The fourth-order valence-electron chi connectivity index (χ4n) is 1.62. The van der Waals surface area contributed by atoms with E-state index in [-0.39, 0.29) is 11.8 Å². The fourth-order valence-corrected chi connectivity index (χ4v) is 1.62. The van der Waals surface area contributed by atoms with E-state index >= 15 is 0 Å². The van der Waals surface area contributed by atoms with Gasteiger partial charge in [-0.3, -0.25) is 9.78 Å². The summed E-state index contributed by atoms with van der Waals surface area (Å²) in [5.41, 5.74) is 2.73. The molecule has 0 unspecified atom stereocenters. The molecular formula is C15H15N3O2. The monoisotopic (exact) mass is 269 g/mol. The molecule has 5 heteroatoms. The molecular weight excluding hydrogens is 254 g/mol. The number of nitrogens with zero attached hydrogens (tertiary/aromatic N) is 1. The number of hydrogen-bond donors (Lipinski definition) is 2. The number of aromatic nitrogens is 1. The summed E-state index contributed by atoms with van der Waals surface area (Å²) in [7, 11) is 0. The zero-order valence-corrected chi connectivity index (χ0v) is 11.3. The average Bonchev–Trinajstić information content (AvgIpc) is 2.42. The number of Topliss-reactive ketones (excluding diaryl/α,β-unsaturated/α-hetero) is 1. The maximum Gasteiger partial charge on any atom is 0.323 e. The summed E-state index contributed by atoms with van der Waals surface area (Å²) in [6.07, 6.45) is 1.59. The fraction of sp³-hybridized carbons (Fsp3) is 0.133. The van der Waals surface area contributed by atoms with Gasteiger partial charge in [-0.15, -0.1) is 0 Å². The number of urea groups is 1. The Kier molecular flexibility index (Phi) is 4.10. The van der Waals surface area contributed by atoms with Crippen LogP contribution in [0.2, 0.25) is 0 Å². The number of anilines is 2. The molecule has 0 saturated carbocycles. The summed E-state index contributed by atoms with van der Waals surface area (Å²) in [6, 6.07) is 9.95. The molecule has 2 N–H and O–H groups in total. The molecule has 0 atom stereocenters. The van der Waals surface area contributed by atoms with Crippen molar-refractivity contribution in [2.45, 2.75) is 13.8 Å². The van der Waals surface area contributed by atoms with Gasteiger partial charge in [-0.1, -0.05) is 0 Å². The standard InChI is InChI=1S/C15H15N3O2/c1-10-3-6-14(9-16-10)18-15(20)17-13-7-4-12(5-8-13)11(2)19/h3-9H,1-2H3,(H2,17,18,20). The van der Waals surface area contributed by atoms with E-state index in [1.54, 1.807) is 36.5 Å². The third kappa shape index (κ3) is 3.65. The summed E-state index contributed by atoms with van der Waals surface area (Å²) in [4.78, 5) is 27.0. The number of pyridine rings is 1. The molecule has 0 aliphatic carbocycles. The number of benzene rings is 1. The van der Waals surface area contributed by atoms with Gasteiger partial charge in [-0.25, -0.2) is 4.79 Å². The topological polar surface area (TPSA) is 71.1 Å². The van der Waals surface area contributed by atoms with Gasteiger partial charge < -0.3 is 10.6 Å². The number of nitrogens with one attached hydrogen (secondary N) is 2. The normalized spacial score (nSPS) is 9.90. The van der Waals surface area contributed by atoms with Crippen LogP contribution in [0.5, 0.6) is 0 Å². The van der Waals surface area contributed by atoms with Crippen molar-refractivity contribution in [2.75, 3.05) is 10.6 Å². The Morgan fingerprint density at radius 1 is 0.950 bits per heavy atom. The minimum Gasteiger partial charge on any atom is -0.308 e. The highest BCUT2D eigenvalue weighted by Gasteiger charge is 2.04. The zero-order valence-electron chi connectivity index (χ0n) is 11.3. The quantitative estimate of drug-likeness (QED) is 0.840. The first-order valence-electron chi connectivity index (χ1n) is 6.16. The molecule has 0 radical (unpaired) electrons. The van der Waals surface area contributed by atoms with E-state index in [9.17, 15) is 9.59 Å². The van der Waals surface area contributed by atoms with E-state index in [1.165, 1.54) is 6.92 Å². The number of amides is 2. The highest BCUT2D eigenvalue weighted by molar-refractivity contribution is 6.00. The van der Waals surface area contributed by atoms with Crippen LogP contribution in [0, 0.1) is 6.92 Å². The zero-order chi connectivity index (χ0) is 14.5. The van der Waals surface area contributed by atoms with Gasteiger partial charge in [0.15, 0.2) is 5.78 Å². The molecule has 2 rings (SSSR count). The van der Waals surface area contributed by atoms with Gasteiger partial charge >= 0.3 is 6.03 Å². The Labute approximate surface area is 117 Å². The molecule has 102 valence electrons. The summed E-state index contributed by atoms with van der Waals surface area (Å²) >= 11 is 0. The van der Waals surface area contributed by atoms with Crippen LogP contribution < -0.4 is 10.6 Å². The van der Waals surface area contributed by atoms with E-state index in [2.05, 4.69) is 15.6 Å². The van der Waals surface area contributed by atoms with Crippen molar-refractivity contribution in [3.63, 3.8) is 0 Å². The lowest BCUT2D eigenvalue weighted by molar-refractivity contribution is 0.101. The van der Waals surface area contributed by atoms with Gasteiger partial charge in [0, 0.05) is 16.9 Å². The van der Waals surface area contributed by atoms with Crippen LogP contribution in [0.15, 0.2) is 42.6 Å². The van der Waals surface area contributed by atoms with Crippen LogP contribution >= 0.6 is 0 Å². The minimum absolute atomic E-state index is 0.00766. The third-order valence-electron chi connectivity index (χ3n) is 2.72. The summed E-state index contributed by atoms with van der Waals surface area (Å²) in [6.45, 7) is 3.37. The molecule has 2 aromatic rings. The molecule has 1 aromatic carbocycles. The predicted molar refractivity (Wildman–Crippen MR) is 78.1 cm³/mol.